The molecule has 5 heterocycles. The van der Waals surface area contributed by atoms with Gasteiger partial charge in [-0.25, -0.2) is 4.98 Å². The number of benzene rings is 8. The van der Waals surface area contributed by atoms with Crippen LogP contribution in [0.15, 0.2) is 41.6 Å². The lowest BCUT2D eigenvalue weighted by Gasteiger charge is -2.54. The molecule has 98 heavy (non-hydrogen) atoms. The van der Waals surface area contributed by atoms with Crippen molar-refractivity contribution in [2.45, 2.75) is 19.9 Å². The van der Waals surface area contributed by atoms with Gasteiger partial charge in [0, 0.05) is 48.8 Å². The minimum absolute atomic E-state index is 0.0105. The molecule has 6 nitrogen and oxygen atoms in total. The molecular formula is C57H3B34N5OS. The minimum atomic E-state index is -4.43. The van der Waals surface area contributed by atoms with E-state index in [1.165, 1.54) is 14.9 Å². The molecule has 1 aliphatic carbocycles. The van der Waals surface area contributed by atoms with E-state index in [9.17, 15) is 0 Å². The number of H-pyrrole nitrogens is 1. The van der Waals surface area contributed by atoms with E-state index < -0.39 is 42.6 Å². The molecule has 1 N–H and O–H groups in total. The number of allylic oxidation sites excluding steroid dienone is 2. The van der Waals surface area contributed by atoms with E-state index in [2.05, 4.69) is 4.98 Å². The van der Waals surface area contributed by atoms with Crippen LogP contribution in [0.5, 0.6) is 0 Å². The molecule has 68 radical (unpaired) electrons. The van der Waals surface area contributed by atoms with Gasteiger partial charge in [-0.1, -0.05) is 98.3 Å². The van der Waals surface area contributed by atoms with E-state index >= 15 is 0 Å². The summed E-state index contributed by atoms with van der Waals surface area (Å²) in [6, 6.07) is 1.41. The van der Waals surface area contributed by atoms with Crippen LogP contribution in [0.2, 0.25) is 0 Å². The molecule has 8 aromatic carbocycles. The molecule has 14 rings (SSSR count). The molecule has 0 saturated carbocycles. The van der Waals surface area contributed by atoms with Crippen molar-refractivity contribution in [3.8, 4) is 0 Å². The fraction of sp³-hybridized carbons (Fsp3) is 0.0175. The van der Waals surface area contributed by atoms with Gasteiger partial charge in [-0.2, -0.15) is 15.0 Å². The summed E-state index contributed by atoms with van der Waals surface area (Å²) in [5.41, 5.74) is -9.70. The third-order valence-corrected chi connectivity index (χ3v) is 23.6. The van der Waals surface area contributed by atoms with Gasteiger partial charge in [0.15, 0.2) is 0 Å². The summed E-state index contributed by atoms with van der Waals surface area (Å²) in [6.45, 7) is 0. The van der Waals surface area contributed by atoms with Crippen molar-refractivity contribution in [1.82, 2.24) is 23.8 Å². The number of hydrogen-bond acceptors (Lipinski definition) is 3. The number of fused-ring (bicyclic) bond motifs is 13. The Kier molecular flexibility index (Phi) is 16.3. The molecular weight excluding hydrogens is 1170 g/mol. The van der Waals surface area contributed by atoms with Crippen LogP contribution in [0.25, 0.3) is 93.6 Å². The summed E-state index contributed by atoms with van der Waals surface area (Å²) in [6.07, 6.45) is 0. The topological polar surface area (TPSA) is 63.5 Å². The largest absolute Gasteiger partial charge is 0.456 e. The van der Waals surface area contributed by atoms with Crippen LogP contribution in [0, 0.1) is 0 Å². The fourth-order valence-electron chi connectivity index (χ4n) is 14.0. The summed E-state index contributed by atoms with van der Waals surface area (Å²) in [7, 11) is 235. The number of nitrogens with one attached hydrogen (secondary N) is 1. The van der Waals surface area contributed by atoms with Gasteiger partial charge in [-0.3, -0.25) is 8.80 Å². The fourth-order valence-corrected chi connectivity index (χ4v) is 19.1. The van der Waals surface area contributed by atoms with Gasteiger partial charge in [0.2, 0.25) is 5.78 Å². The maximum Gasteiger partial charge on any atom is 0.237 e. The Morgan fingerprint density at radius 1 is 0.296 bits per heavy atom. The quantitative estimate of drug-likeness (QED) is 0.175. The van der Waals surface area contributed by atoms with Gasteiger partial charge in [0.1, 0.15) is 284 Å². The summed E-state index contributed by atoms with van der Waals surface area (Å²) in [5, 5.41) is -1.56. The van der Waals surface area contributed by atoms with Crippen LogP contribution in [0.3, 0.4) is 0 Å². The van der Waals surface area contributed by atoms with Crippen molar-refractivity contribution in [3.63, 3.8) is 0 Å². The first-order valence-corrected chi connectivity index (χ1v) is 30.4. The number of furan rings is 1. The van der Waals surface area contributed by atoms with Gasteiger partial charge in [0.05, 0.1) is 27.8 Å². The highest BCUT2D eigenvalue weighted by Gasteiger charge is 2.50. The zero-order valence-corrected chi connectivity index (χ0v) is 52.2. The zero-order chi connectivity index (χ0) is 71.5. The van der Waals surface area contributed by atoms with Gasteiger partial charge < -0.3 is 9.40 Å². The number of nitrogens with zero attached hydrogens (tertiary/aromatic N) is 4. The third kappa shape index (κ3) is 8.49. The first-order valence-electron chi connectivity index (χ1n) is 28.7. The number of rotatable bonds is 5. The smallest absolute Gasteiger partial charge is 0.237 e. The first-order chi connectivity index (χ1) is 45.9. The molecule has 2 bridgehead atoms. The van der Waals surface area contributed by atoms with Gasteiger partial charge in [-0.15, -0.1) is 87.4 Å². The van der Waals surface area contributed by atoms with Crippen LogP contribution in [0.4, 0.5) is 0 Å². The second-order valence-corrected chi connectivity index (χ2v) is 26.9. The van der Waals surface area contributed by atoms with Crippen molar-refractivity contribution in [2.24, 2.45) is 0 Å². The second kappa shape index (κ2) is 23.0. The Hall–Kier alpha value is -5.92. The lowest BCUT2D eigenvalue weighted by molar-refractivity contribution is 0.663. The van der Waals surface area contributed by atoms with Crippen LogP contribution in [-0.4, -0.2) is 296 Å². The van der Waals surface area contributed by atoms with E-state index in [1.54, 1.807) is 0 Å². The SMILES string of the molecule is [B]C1=C([B])C(S(c2c([B])c([B])c([B])c([B])c2[B])(c2c([B])c([B])c([B])c([B])c2[B])c2c([B])c([B])c([B])c3c2oc2c([B])c([B])c([B])c([B])c23)C([B])=C1c1cc2nc(n1)n1c3c([B])c([B])c([B])c([B])c3c3c([B])c([B])c([B])c([nH]c4c([B])c([B])c([B])c5c6c([B])c([B])c([B])c([B])c6n2c45)c31. The summed E-state index contributed by atoms with van der Waals surface area (Å²) in [4.78, 5) is 13.2. The Morgan fingerprint density at radius 3 is 1.05 bits per heavy atom. The van der Waals surface area contributed by atoms with Crippen LogP contribution < -0.4 is 169 Å². The molecule has 1 atom stereocenters. The summed E-state index contributed by atoms with van der Waals surface area (Å²) in [5.74, 6) is -0.341. The summed E-state index contributed by atoms with van der Waals surface area (Å²) >= 11 is 0. The second-order valence-electron chi connectivity index (χ2n) is 23.9. The van der Waals surface area contributed by atoms with Crippen LogP contribution in [-0.2, 0) is 0 Å². The van der Waals surface area contributed by atoms with Crippen molar-refractivity contribution in [3.05, 3.63) is 28.2 Å². The van der Waals surface area contributed by atoms with E-state index in [1.807, 2.05) is 0 Å². The van der Waals surface area contributed by atoms with E-state index in [-0.39, 0.29) is 272 Å². The molecule has 41 heteroatoms. The molecule has 0 fully saturated rings. The number of aromatic nitrogens is 5. The lowest BCUT2D eigenvalue weighted by Crippen LogP contribution is -2.60. The highest BCUT2D eigenvalue weighted by molar-refractivity contribution is 8.35. The average Bonchev–Trinajstić information content (AvgIpc) is 1.32. The Labute approximate surface area is 611 Å². The van der Waals surface area contributed by atoms with Crippen molar-refractivity contribution in [1.29, 1.82) is 0 Å². The maximum absolute atomic E-state index is 8.03. The standard InChI is InChI=1S/C57H3B34N5OS/c58-11-4(18(65)53(39(11)86)98(54-40(87)30(77)25(72)31(78)41(54)88,55-42(89)32(79)26(73)33(80)43(55)90)56-44(91)24(71)17(64)10-9-16(63)21(68)29(76)38(85)51(9)97-52(10)56)2-1-3-93-57(92-2)96-48-6(13(60)20(67)28(75)37(48)84)8-15(62)23(70)35(82)46(50(8)96)94-45-34(81)22(69)14(61)7-5-12(59)19(66)27(74)36(83)47(5)95(3)49(7)45/h1,53,94H. The normalized spacial score (nSPS) is 14.1. The Balaban J connectivity index is 1.31. The summed E-state index contributed by atoms with van der Waals surface area (Å²) < 4.78 is 9.81. The average molecular weight is 1170 g/mol. The molecule has 13 aromatic rings. The van der Waals surface area contributed by atoms with E-state index in [0.717, 1.165) is 0 Å². The molecule has 0 amide bonds. The van der Waals surface area contributed by atoms with Crippen molar-refractivity contribution >= 4 is 540 Å². The molecule has 0 spiro atoms. The highest BCUT2D eigenvalue weighted by atomic mass is 32.3. The van der Waals surface area contributed by atoms with Gasteiger partial charge in [0.25, 0.3) is 0 Å². The predicted octanol–water partition coefficient (Wildman–Crippen LogP) is -24.1. The number of aromatic amines is 1. The minimum Gasteiger partial charge on any atom is -0.456 e. The van der Waals surface area contributed by atoms with Crippen LogP contribution in [0.1, 0.15) is 5.69 Å². The number of hydrogen-bond donors (Lipinski definition) is 1. The zero-order valence-electron chi connectivity index (χ0n) is 51.4. The molecule has 0 saturated heterocycles. The Morgan fingerprint density at radius 2 is 0.612 bits per heavy atom. The molecule has 5 aromatic heterocycles. The monoisotopic (exact) mass is 1180 g/mol. The Bertz CT molecular complexity index is 5890. The predicted molar refractivity (Wildman–Crippen MR) is 446 cm³/mol. The molecule has 1 aliphatic rings. The molecule has 1 unspecified atom stereocenters. The van der Waals surface area contributed by atoms with Crippen LogP contribution >= 0.6 is 10.0 Å². The third-order valence-electron chi connectivity index (χ3n) is 19.1. The van der Waals surface area contributed by atoms with Gasteiger partial charge >= 0.3 is 0 Å². The molecule has 0 aliphatic heterocycles. The lowest BCUT2D eigenvalue weighted by atomic mass is 9.62. The van der Waals surface area contributed by atoms with E-state index in [0.29, 0.717) is 0 Å². The van der Waals surface area contributed by atoms with E-state index in [4.69, 9.17) is 281 Å². The maximum atomic E-state index is 8.03. The van der Waals surface area contributed by atoms with Crippen molar-refractivity contribution < 1.29 is 4.42 Å². The van der Waals surface area contributed by atoms with Crippen molar-refractivity contribution in [2.75, 3.05) is 0 Å². The highest BCUT2D eigenvalue weighted by Crippen LogP contribution is 2.74. The van der Waals surface area contributed by atoms with Gasteiger partial charge in [-0.05, 0) is 26.1 Å². The molecule has 370 valence electrons. The first kappa shape index (κ1) is 69.2.